The van der Waals surface area contributed by atoms with Crippen LogP contribution in [0.5, 0.6) is 0 Å². The molecule has 0 amide bonds. The van der Waals surface area contributed by atoms with E-state index in [9.17, 15) is 0 Å². The molecule has 1 unspecified atom stereocenters. The third kappa shape index (κ3) is 3.05. The van der Waals surface area contributed by atoms with Crippen molar-refractivity contribution in [3.05, 3.63) is 35.4 Å². The Morgan fingerprint density at radius 1 is 1.43 bits per heavy atom. The predicted octanol–water partition coefficient (Wildman–Crippen LogP) is 1.53. The Hall–Kier alpha value is -1.95. The summed E-state index contributed by atoms with van der Waals surface area (Å²) in [7, 11) is 2.09. The van der Waals surface area contributed by atoms with Gasteiger partial charge in [0.05, 0.1) is 6.20 Å². The summed E-state index contributed by atoms with van der Waals surface area (Å²) in [6, 6.07) is 2.40. The minimum absolute atomic E-state index is 0.471. The van der Waals surface area contributed by atoms with Gasteiger partial charge in [-0.25, -0.2) is 9.97 Å². The monoisotopic (exact) mass is 286 g/mol. The van der Waals surface area contributed by atoms with Crippen LogP contribution in [-0.2, 0) is 6.54 Å². The molecule has 1 aliphatic rings. The molecule has 2 aromatic heterocycles. The van der Waals surface area contributed by atoms with Gasteiger partial charge in [0.25, 0.3) is 0 Å². The molecule has 21 heavy (non-hydrogen) atoms. The lowest BCUT2D eigenvalue weighted by Crippen LogP contribution is -2.35. The Labute approximate surface area is 125 Å². The molecule has 0 saturated carbocycles. The average Bonchev–Trinajstić information content (AvgIpc) is 3.09. The smallest absolute Gasteiger partial charge is 0.225 e. The second-order valence-electron chi connectivity index (χ2n) is 5.81. The van der Waals surface area contributed by atoms with Crippen molar-refractivity contribution in [2.24, 2.45) is 0 Å². The maximum atomic E-state index is 4.51. The van der Waals surface area contributed by atoms with Gasteiger partial charge in [-0.1, -0.05) is 0 Å². The fourth-order valence-corrected chi connectivity index (χ4v) is 2.82. The predicted molar refractivity (Wildman–Crippen MR) is 82.2 cm³/mol. The van der Waals surface area contributed by atoms with Crippen LogP contribution in [0, 0.1) is 13.8 Å². The molecule has 1 aliphatic heterocycles. The van der Waals surface area contributed by atoms with Crippen LogP contribution in [0.4, 0.5) is 5.95 Å². The van der Waals surface area contributed by atoms with Crippen molar-refractivity contribution < 1.29 is 0 Å². The van der Waals surface area contributed by atoms with Gasteiger partial charge in [0.1, 0.15) is 0 Å². The number of anilines is 1. The number of hydrogen-bond donors (Lipinski definition) is 1. The molecule has 0 aromatic carbocycles. The van der Waals surface area contributed by atoms with Crippen molar-refractivity contribution >= 4 is 5.95 Å². The second kappa shape index (κ2) is 5.81. The molecule has 3 heterocycles. The van der Waals surface area contributed by atoms with E-state index >= 15 is 0 Å². The van der Waals surface area contributed by atoms with Crippen molar-refractivity contribution in [1.29, 1.82) is 0 Å². The Morgan fingerprint density at radius 3 is 3.00 bits per heavy atom. The molecule has 0 radical (unpaired) electrons. The third-order valence-corrected chi connectivity index (χ3v) is 4.22. The van der Waals surface area contributed by atoms with Crippen molar-refractivity contribution in [2.75, 3.05) is 25.0 Å². The topological polar surface area (TPSA) is 60.9 Å². The van der Waals surface area contributed by atoms with Gasteiger partial charge in [-0.05, 0) is 26.3 Å². The van der Waals surface area contributed by atoms with Gasteiger partial charge < -0.3 is 4.90 Å². The van der Waals surface area contributed by atoms with Crippen LogP contribution in [0.2, 0.25) is 0 Å². The Morgan fingerprint density at radius 2 is 2.29 bits per heavy atom. The molecule has 1 saturated heterocycles. The maximum Gasteiger partial charge on any atom is 0.225 e. The molecule has 1 fully saturated rings. The number of likely N-dealkylation sites (N-methyl/N-ethyl adjacent to an activating group) is 1. The highest BCUT2D eigenvalue weighted by Gasteiger charge is 2.27. The molecule has 6 heteroatoms. The Kier molecular flexibility index (Phi) is 3.88. The fraction of sp³-hybridized carbons (Fsp3) is 0.533. The van der Waals surface area contributed by atoms with Gasteiger partial charge in [0.2, 0.25) is 5.95 Å². The Bertz CT molecular complexity index is 608. The average molecular weight is 286 g/mol. The van der Waals surface area contributed by atoms with Gasteiger partial charge in [0, 0.05) is 55.9 Å². The van der Waals surface area contributed by atoms with E-state index < -0.39 is 0 Å². The van der Waals surface area contributed by atoms with E-state index in [1.54, 1.807) is 0 Å². The molecule has 0 spiro atoms. The lowest BCUT2D eigenvalue weighted by atomic mass is 10.2. The normalized spacial score (nSPS) is 19.1. The first kappa shape index (κ1) is 14.0. The van der Waals surface area contributed by atoms with Gasteiger partial charge in [-0.2, -0.15) is 5.10 Å². The number of likely N-dealkylation sites (tertiary alicyclic amines) is 1. The number of hydrogen-bond acceptors (Lipinski definition) is 5. The molecule has 0 aliphatic carbocycles. The molecule has 112 valence electrons. The molecule has 3 rings (SSSR count). The van der Waals surface area contributed by atoms with E-state index in [0.717, 1.165) is 43.4 Å². The summed E-state index contributed by atoms with van der Waals surface area (Å²) < 4.78 is 0. The van der Waals surface area contributed by atoms with E-state index in [1.165, 1.54) is 5.56 Å². The minimum Gasteiger partial charge on any atom is -0.340 e. The van der Waals surface area contributed by atoms with Crippen molar-refractivity contribution in [3.63, 3.8) is 0 Å². The minimum atomic E-state index is 0.471. The van der Waals surface area contributed by atoms with Gasteiger partial charge in [0.15, 0.2) is 0 Å². The summed E-state index contributed by atoms with van der Waals surface area (Å²) in [6.07, 6.45) is 4.90. The number of aromatic amines is 1. The van der Waals surface area contributed by atoms with E-state index in [0.29, 0.717) is 6.04 Å². The number of aryl methyl sites for hydroxylation is 2. The first-order chi connectivity index (χ1) is 10.1. The Balaban J connectivity index is 1.63. The van der Waals surface area contributed by atoms with E-state index in [4.69, 9.17) is 0 Å². The lowest BCUT2D eigenvalue weighted by Gasteiger charge is -2.25. The molecular weight excluding hydrogens is 264 g/mol. The molecule has 1 atom stereocenters. The number of nitrogens with zero attached hydrogens (tertiary/aromatic N) is 5. The van der Waals surface area contributed by atoms with Crippen LogP contribution >= 0.6 is 0 Å². The van der Waals surface area contributed by atoms with Crippen LogP contribution in [-0.4, -0.2) is 51.2 Å². The highest BCUT2D eigenvalue weighted by Crippen LogP contribution is 2.20. The SMILES string of the molecule is Cc1ccnc(N(C)C2CCN(Cc3cn[nH]c3C)C2)n1. The molecular formula is C15H22N6. The molecule has 0 bridgehead atoms. The number of rotatable bonds is 4. The molecule has 2 aromatic rings. The first-order valence-electron chi connectivity index (χ1n) is 7.37. The van der Waals surface area contributed by atoms with Gasteiger partial charge in [-0.3, -0.25) is 10.00 Å². The number of aromatic nitrogens is 4. The second-order valence-corrected chi connectivity index (χ2v) is 5.81. The van der Waals surface area contributed by atoms with E-state index in [2.05, 4.69) is 43.9 Å². The van der Waals surface area contributed by atoms with Crippen LogP contribution in [0.25, 0.3) is 0 Å². The lowest BCUT2D eigenvalue weighted by molar-refractivity contribution is 0.325. The standard InChI is InChI=1S/C15H22N6/c1-11-4-6-16-15(18-11)20(3)14-5-7-21(10-14)9-13-8-17-19-12(13)2/h4,6,8,14H,5,7,9-10H2,1-3H3,(H,17,19). The maximum absolute atomic E-state index is 4.51. The quantitative estimate of drug-likeness (QED) is 0.923. The third-order valence-electron chi connectivity index (χ3n) is 4.22. The van der Waals surface area contributed by atoms with E-state index in [-0.39, 0.29) is 0 Å². The largest absolute Gasteiger partial charge is 0.340 e. The van der Waals surface area contributed by atoms with Crippen LogP contribution in [0.15, 0.2) is 18.5 Å². The summed E-state index contributed by atoms with van der Waals surface area (Å²) in [5.74, 6) is 0.821. The first-order valence-corrected chi connectivity index (χ1v) is 7.37. The highest BCUT2D eigenvalue weighted by atomic mass is 15.3. The van der Waals surface area contributed by atoms with Gasteiger partial charge in [-0.15, -0.1) is 0 Å². The van der Waals surface area contributed by atoms with E-state index in [1.807, 2.05) is 25.4 Å². The zero-order valence-electron chi connectivity index (χ0n) is 12.9. The van der Waals surface area contributed by atoms with Crippen molar-refractivity contribution in [3.8, 4) is 0 Å². The van der Waals surface area contributed by atoms with Gasteiger partial charge >= 0.3 is 0 Å². The summed E-state index contributed by atoms with van der Waals surface area (Å²) in [5, 5.41) is 7.09. The number of H-pyrrole nitrogens is 1. The number of nitrogens with one attached hydrogen (secondary N) is 1. The zero-order chi connectivity index (χ0) is 14.8. The summed E-state index contributed by atoms with van der Waals surface area (Å²) >= 11 is 0. The van der Waals surface area contributed by atoms with Crippen LogP contribution in [0.3, 0.4) is 0 Å². The van der Waals surface area contributed by atoms with Crippen molar-refractivity contribution in [2.45, 2.75) is 32.9 Å². The summed E-state index contributed by atoms with van der Waals surface area (Å²) in [6.45, 7) is 7.18. The van der Waals surface area contributed by atoms with Crippen LogP contribution < -0.4 is 4.90 Å². The summed E-state index contributed by atoms with van der Waals surface area (Å²) in [5.41, 5.74) is 3.45. The molecule has 1 N–H and O–H groups in total. The summed E-state index contributed by atoms with van der Waals surface area (Å²) in [4.78, 5) is 13.6. The zero-order valence-corrected chi connectivity index (χ0v) is 12.9. The highest BCUT2D eigenvalue weighted by molar-refractivity contribution is 5.31. The molecule has 6 nitrogen and oxygen atoms in total. The fourth-order valence-electron chi connectivity index (χ4n) is 2.82. The van der Waals surface area contributed by atoms with Crippen molar-refractivity contribution in [1.82, 2.24) is 25.1 Å². The van der Waals surface area contributed by atoms with Crippen LogP contribution in [0.1, 0.15) is 23.4 Å².